The summed E-state index contributed by atoms with van der Waals surface area (Å²) in [5, 5.41) is 15.6. The first-order valence-corrected chi connectivity index (χ1v) is 13.8. The molecule has 8 heteroatoms. The predicted molar refractivity (Wildman–Crippen MR) is 137 cm³/mol. The van der Waals surface area contributed by atoms with Gasteiger partial charge in [-0.1, -0.05) is 18.8 Å². The van der Waals surface area contributed by atoms with Crippen molar-refractivity contribution < 1.29 is 14.7 Å². The van der Waals surface area contributed by atoms with Gasteiger partial charge in [-0.05, 0) is 89.5 Å². The highest BCUT2D eigenvalue weighted by molar-refractivity contribution is 8.03. The summed E-state index contributed by atoms with van der Waals surface area (Å²) in [4.78, 5) is 32.8. The average Bonchev–Trinajstić information content (AvgIpc) is 3.49. The lowest BCUT2D eigenvalue weighted by atomic mass is 9.79. The fraction of sp³-hybridized carbons (Fsp3) is 0.704. The van der Waals surface area contributed by atoms with Crippen LogP contribution in [0.2, 0.25) is 0 Å². The molecule has 1 aliphatic heterocycles. The van der Waals surface area contributed by atoms with Crippen LogP contribution in [0, 0.1) is 29.1 Å². The number of hydrogen-bond donors (Lipinski definition) is 1. The first-order chi connectivity index (χ1) is 16.6. The zero-order chi connectivity index (χ0) is 25.2. The van der Waals surface area contributed by atoms with Gasteiger partial charge in [-0.2, -0.15) is 5.10 Å². The van der Waals surface area contributed by atoms with E-state index in [1.165, 1.54) is 11.8 Å². The lowest BCUT2D eigenvalue weighted by Gasteiger charge is -2.48. The molecule has 0 spiro atoms. The lowest BCUT2D eigenvalue weighted by molar-refractivity contribution is -0.147. The molecule has 4 rings (SSSR count). The van der Waals surface area contributed by atoms with Gasteiger partial charge in [0.1, 0.15) is 23.4 Å². The van der Waals surface area contributed by atoms with Crippen molar-refractivity contribution in [2.75, 3.05) is 0 Å². The summed E-state index contributed by atoms with van der Waals surface area (Å²) in [5.74, 6) is 6.41. The highest BCUT2D eigenvalue weighted by Crippen LogP contribution is 2.44. The van der Waals surface area contributed by atoms with Crippen LogP contribution >= 0.6 is 11.8 Å². The van der Waals surface area contributed by atoms with E-state index in [1.807, 2.05) is 41.8 Å². The Bertz CT molecular complexity index is 990. The quantitative estimate of drug-likeness (QED) is 0.580. The van der Waals surface area contributed by atoms with Crippen molar-refractivity contribution in [1.29, 1.82) is 0 Å². The van der Waals surface area contributed by atoms with Crippen LogP contribution in [-0.4, -0.2) is 53.5 Å². The van der Waals surface area contributed by atoms with Crippen LogP contribution in [0.15, 0.2) is 24.1 Å². The molecule has 2 saturated carbocycles. The predicted octanol–water partition coefficient (Wildman–Crippen LogP) is 4.92. The summed E-state index contributed by atoms with van der Waals surface area (Å²) < 4.78 is 1.91. The molecule has 7 nitrogen and oxygen atoms in total. The van der Waals surface area contributed by atoms with Gasteiger partial charge in [0.25, 0.3) is 0 Å². The van der Waals surface area contributed by atoms with Crippen molar-refractivity contribution in [2.45, 2.75) is 102 Å². The third kappa shape index (κ3) is 5.61. The van der Waals surface area contributed by atoms with Gasteiger partial charge in [-0.3, -0.25) is 9.59 Å². The van der Waals surface area contributed by atoms with Crippen LogP contribution in [0.4, 0.5) is 0 Å². The number of carboxylic acid groups (broad SMARTS) is 1. The molecule has 2 aliphatic carbocycles. The second-order valence-electron chi connectivity index (χ2n) is 11.5. The van der Waals surface area contributed by atoms with Crippen molar-refractivity contribution in [3.05, 3.63) is 24.1 Å². The molecule has 3 aliphatic rings. The molecule has 0 saturated heterocycles. The Morgan fingerprint density at radius 1 is 1.11 bits per heavy atom. The summed E-state index contributed by atoms with van der Waals surface area (Å²) in [5.41, 5.74) is -1.45. The molecular formula is C27H38N4O3S. The molecule has 190 valence electrons. The van der Waals surface area contributed by atoms with Crippen molar-refractivity contribution in [2.24, 2.45) is 17.3 Å². The molecule has 0 aromatic carbocycles. The third-order valence-corrected chi connectivity index (χ3v) is 8.77. The second-order valence-corrected chi connectivity index (χ2v) is 12.5. The fourth-order valence-electron chi connectivity index (χ4n) is 5.68. The van der Waals surface area contributed by atoms with Crippen molar-refractivity contribution in [3.63, 3.8) is 0 Å². The first kappa shape index (κ1) is 25.8. The van der Waals surface area contributed by atoms with E-state index in [0.717, 1.165) is 51.4 Å². The Kier molecular flexibility index (Phi) is 7.65. The van der Waals surface area contributed by atoms with Crippen LogP contribution in [0.3, 0.4) is 0 Å². The van der Waals surface area contributed by atoms with Crippen molar-refractivity contribution in [1.82, 2.24) is 19.7 Å². The van der Waals surface area contributed by atoms with E-state index in [1.54, 1.807) is 12.7 Å². The minimum absolute atomic E-state index is 0.0545. The molecule has 35 heavy (non-hydrogen) atoms. The molecule has 1 aromatic rings. The standard InChI is InChI=1S/C27H38N4O3S/c1-19-5-7-20(8-6-19)24(32)31(22-11-9-21(10-12-22)30-18-28-17-29-30)27(14-13-26(2,3)4)15-16-35-23(27)25(33)34/h15-23H,5-12H2,1-4H3,(H,33,34)/t19-,20-,21-,22-,23?,27?. The Balaban J connectivity index is 1.71. The number of carbonyl (C=O) groups excluding carboxylic acids is 1. The van der Waals surface area contributed by atoms with Gasteiger partial charge >= 0.3 is 5.97 Å². The molecule has 1 N–H and O–H groups in total. The minimum atomic E-state index is -1.14. The molecular weight excluding hydrogens is 460 g/mol. The van der Waals surface area contributed by atoms with E-state index in [-0.39, 0.29) is 29.3 Å². The summed E-state index contributed by atoms with van der Waals surface area (Å²) in [7, 11) is 0. The zero-order valence-corrected chi connectivity index (χ0v) is 22.1. The van der Waals surface area contributed by atoms with Gasteiger partial charge in [-0.25, -0.2) is 9.67 Å². The lowest BCUT2D eigenvalue weighted by Crippen LogP contribution is -2.62. The maximum absolute atomic E-state index is 14.3. The van der Waals surface area contributed by atoms with Gasteiger partial charge in [0, 0.05) is 17.4 Å². The normalized spacial score (nSPS) is 33.1. The fourth-order valence-corrected chi connectivity index (χ4v) is 6.69. The van der Waals surface area contributed by atoms with Crippen LogP contribution in [-0.2, 0) is 9.59 Å². The number of carbonyl (C=O) groups is 2. The van der Waals surface area contributed by atoms with Gasteiger partial charge in [0.15, 0.2) is 0 Å². The Hall–Kier alpha value is -2.27. The molecule has 2 unspecified atom stereocenters. The number of amides is 1. The smallest absolute Gasteiger partial charge is 0.320 e. The number of carboxylic acids is 1. The van der Waals surface area contributed by atoms with Crippen LogP contribution < -0.4 is 0 Å². The van der Waals surface area contributed by atoms with Crippen LogP contribution in [0.25, 0.3) is 0 Å². The molecule has 1 amide bonds. The molecule has 2 atom stereocenters. The maximum Gasteiger partial charge on any atom is 0.320 e. The number of hydrogen-bond acceptors (Lipinski definition) is 5. The summed E-state index contributed by atoms with van der Waals surface area (Å²) in [6.07, 6.45) is 12.3. The monoisotopic (exact) mass is 498 g/mol. The van der Waals surface area contributed by atoms with Gasteiger partial charge in [-0.15, -0.1) is 11.8 Å². The first-order valence-electron chi connectivity index (χ1n) is 12.9. The molecule has 0 bridgehead atoms. The van der Waals surface area contributed by atoms with E-state index in [2.05, 4.69) is 28.8 Å². The Morgan fingerprint density at radius 3 is 2.37 bits per heavy atom. The maximum atomic E-state index is 14.3. The van der Waals surface area contributed by atoms with E-state index in [0.29, 0.717) is 5.92 Å². The largest absolute Gasteiger partial charge is 0.480 e. The Morgan fingerprint density at radius 2 is 1.80 bits per heavy atom. The molecule has 0 radical (unpaired) electrons. The number of aromatic nitrogens is 3. The van der Waals surface area contributed by atoms with Gasteiger partial charge in [0.2, 0.25) is 5.91 Å². The van der Waals surface area contributed by atoms with Crippen LogP contribution in [0.1, 0.15) is 85.1 Å². The third-order valence-electron chi connectivity index (χ3n) is 7.64. The van der Waals surface area contributed by atoms with E-state index < -0.39 is 16.8 Å². The average molecular weight is 499 g/mol. The van der Waals surface area contributed by atoms with E-state index >= 15 is 0 Å². The number of nitrogens with zero attached hydrogens (tertiary/aromatic N) is 4. The minimum Gasteiger partial charge on any atom is -0.480 e. The van der Waals surface area contributed by atoms with Crippen molar-refractivity contribution >= 4 is 23.6 Å². The SMILES string of the molecule is CC(C)(C)C#CC1(N(C(=O)[C@H]2CC[C@H](C)CC2)[C@H]2CC[C@H](n3cncn3)CC2)C=CSC1C(=O)O. The van der Waals surface area contributed by atoms with Crippen molar-refractivity contribution in [3.8, 4) is 11.8 Å². The van der Waals surface area contributed by atoms with Gasteiger partial charge in [0.05, 0.1) is 6.04 Å². The number of aliphatic carboxylic acids is 1. The summed E-state index contributed by atoms with van der Waals surface area (Å²) in [6, 6.07) is 0.197. The Labute approximate surface area is 213 Å². The zero-order valence-electron chi connectivity index (χ0n) is 21.3. The topological polar surface area (TPSA) is 88.3 Å². The molecule has 2 heterocycles. The number of rotatable bonds is 5. The van der Waals surface area contributed by atoms with E-state index in [4.69, 9.17) is 0 Å². The van der Waals surface area contributed by atoms with E-state index in [9.17, 15) is 14.7 Å². The summed E-state index contributed by atoms with van der Waals surface area (Å²) >= 11 is 1.26. The highest BCUT2D eigenvalue weighted by Gasteiger charge is 2.53. The molecule has 2 fully saturated rings. The second kappa shape index (κ2) is 10.4. The highest BCUT2D eigenvalue weighted by atomic mass is 32.2. The number of thioether (sulfide) groups is 1. The molecule has 1 aromatic heterocycles. The van der Waals surface area contributed by atoms with Gasteiger partial charge < -0.3 is 10.0 Å². The summed E-state index contributed by atoms with van der Waals surface area (Å²) in [6.45, 7) is 8.31. The van der Waals surface area contributed by atoms with Crippen LogP contribution in [0.5, 0.6) is 0 Å².